The minimum absolute atomic E-state index is 0.0242. The van der Waals surface area contributed by atoms with Crippen LogP contribution in [0.5, 0.6) is 0 Å². The number of benzene rings is 2. The predicted molar refractivity (Wildman–Crippen MR) is 139 cm³/mol. The molecule has 0 aliphatic carbocycles. The van der Waals surface area contributed by atoms with Gasteiger partial charge in [-0.05, 0) is 63.4 Å². The van der Waals surface area contributed by atoms with Crippen molar-refractivity contribution >= 4 is 34.2 Å². The van der Waals surface area contributed by atoms with Gasteiger partial charge in [-0.1, -0.05) is 30.3 Å². The zero-order valence-electron chi connectivity index (χ0n) is 20.7. The Hall–Kier alpha value is -3.59. The molecule has 1 heterocycles. The highest BCUT2D eigenvalue weighted by atomic mass is 32.1. The summed E-state index contributed by atoms with van der Waals surface area (Å²) < 4.78 is 13.2. The average Bonchev–Trinajstić information content (AvgIpc) is 3.28. The zero-order valence-corrected chi connectivity index (χ0v) is 21.5. The number of thiazole rings is 1. The molecule has 2 N–H and O–H groups in total. The van der Waals surface area contributed by atoms with Crippen LogP contribution in [-0.2, 0) is 22.4 Å². The first-order chi connectivity index (χ1) is 17.2. The Balaban J connectivity index is 1.48. The molecule has 1 atom stereocenters. The van der Waals surface area contributed by atoms with Gasteiger partial charge in [0.1, 0.15) is 12.4 Å². The molecular weight excluding hydrogens is 479 g/mol. The number of hydrogen-bond donors (Lipinski definition) is 2. The number of aryl methyl sites for hydroxylation is 1. The van der Waals surface area contributed by atoms with E-state index < -0.39 is 11.7 Å². The molecule has 0 radical (unpaired) electrons. The molecule has 2 aromatic carbocycles. The first-order valence-corrected chi connectivity index (χ1v) is 12.7. The Labute approximate surface area is 214 Å². The van der Waals surface area contributed by atoms with Gasteiger partial charge in [0.2, 0.25) is 11.8 Å². The standard InChI is InChI=1S/C27H31FN4O3S/c1-18(2)32(26(35)21-11-13-22(28)14-12-21)16-25(34)31-27-30-23(17-36-27)15-24(33)29-19(3)9-10-20-7-5-4-6-8-20/h4-8,11-14,17-19H,9-10,15-16H2,1-3H3,(H,29,33)(H,30,31,34). The van der Waals surface area contributed by atoms with E-state index in [-0.39, 0.29) is 36.9 Å². The maximum atomic E-state index is 13.2. The zero-order chi connectivity index (χ0) is 26.1. The van der Waals surface area contributed by atoms with Crippen LogP contribution in [0.1, 0.15) is 48.8 Å². The molecule has 0 spiro atoms. The number of halogens is 1. The van der Waals surface area contributed by atoms with Crippen molar-refractivity contribution in [1.82, 2.24) is 15.2 Å². The largest absolute Gasteiger partial charge is 0.353 e. The quantitative estimate of drug-likeness (QED) is 0.399. The number of aromatic nitrogens is 1. The monoisotopic (exact) mass is 510 g/mol. The van der Waals surface area contributed by atoms with E-state index in [9.17, 15) is 18.8 Å². The third-order valence-electron chi connectivity index (χ3n) is 5.55. The van der Waals surface area contributed by atoms with Gasteiger partial charge in [-0.25, -0.2) is 9.37 Å². The molecule has 9 heteroatoms. The molecule has 3 aromatic rings. The maximum Gasteiger partial charge on any atom is 0.254 e. The molecule has 0 bridgehead atoms. The highest BCUT2D eigenvalue weighted by Gasteiger charge is 2.22. The van der Waals surface area contributed by atoms with E-state index in [2.05, 4.69) is 27.8 Å². The molecule has 3 rings (SSSR count). The van der Waals surface area contributed by atoms with E-state index >= 15 is 0 Å². The van der Waals surface area contributed by atoms with Gasteiger partial charge in [0, 0.05) is 23.0 Å². The van der Waals surface area contributed by atoms with E-state index in [1.165, 1.54) is 46.1 Å². The van der Waals surface area contributed by atoms with Crippen LogP contribution in [0.3, 0.4) is 0 Å². The molecule has 0 saturated heterocycles. The van der Waals surface area contributed by atoms with Crippen molar-refractivity contribution in [3.8, 4) is 0 Å². The summed E-state index contributed by atoms with van der Waals surface area (Å²) in [6, 6.07) is 15.1. The van der Waals surface area contributed by atoms with Crippen molar-refractivity contribution < 1.29 is 18.8 Å². The molecule has 190 valence electrons. The summed E-state index contributed by atoms with van der Waals surface area (Å²) in [4.78, 5) is 43.6. The van der Waals surface area contributed by atoms with E-state index in [4.69, 9.17) is 0 Å². The van der Waals surface area contributed by atoms with Crippen LogP contribution >= 0.6 is 11.3 Å². The molecule has 36 heavy (non-hydrogen) atoms. The summed E-state index contributed by atoms with van der Waals surface area (Å²) in [6.07, 6.45) is 1.83. The van der Waals surface area contributed by atoms with E-state index in [0.29, 0.717) is 16.4 Å². The van der Waals surface area contributed by atoms with Crippen molar-refractivity contribution in [3.63, 3.8) is 0 Å². The van der Waals surface area contributed by atoms with Crippen LogP contribution in [0, 0.1) is 5.82 Å². The van der Waals surface area contributed by atoms with Gasteiger partial charge in [-0.15, -0.1) is 11.3 Å². The number of amides is 3. The first kappa shape index (κ1) is 27.0. The molecule has 1 unspecified atom stereocenters. The second-order valence-corrected chi connectivity index (χ2v) is 9.75. The number of carbonyl (C=O) groups excluding carboxylic acids is 3. The highest BCUT2D eigenvalue weighted by molar-refractivity contribution is 7.13. The number of nitrogens with one attached hydrogen (secondary N) is 2. The van der Waals surface area contributed by atoms with E-state index in [0.717, 1.165) is 12.8 Å². The average molecular weight is 511 g/mol. The summed E-state index contributed by atoms with van der Waals surface area (Å²) in [5.41, 5.74) is 2.10. The summed E-state index contributed by atoms with van der Waals surface area (Å²) in [5, 5.41) is 7.78. The Morgan fingerprint density at radius 1 is 1.00 bits per heavy atom. The molecule has 0 saturated carbocycles. The van der Waals surface area contributed by atoms with Gasteiger partial charge in [0.15, 0.2) is 5.13 Å². The van der Waals surface area contributed by atoms with Gasteiger partial charge < -0.3 is 15.5 Å². The van der Waals surface area contributed by atoms with Crippen molar-refractivity contribution in [2.24, 2.45) is 0 Å². The Morgan fingerprint density at radius 3 is 2.36 bits per heavy atom. The van der Waals surface area contributed by atoms with Crippen LogP contribution in [0.4, 0.5) is 9.52 Å². The summed E-state index contributed by atoms with van der Waals surface area (Å²) in [6.45, 7) is 5.40. The van der Waals surface area contributed by atoms with Gasteiger partial charge in [-0.3, -0.25) is 14.4 Å². The summed E-state index contributed by atoms with van der Waals surface area (Å²) >= 11 is 1.22. The number of carbonyl (C=O) groups is 3. The lowest BCUT2D eigenvalue weighted by molar-refractivity contribution is -0.121. The lowest BCUT2D eigenvalue weighted by atomic mass is 10.1. The molecule has 3 amide bonds. The molecule has 0 aliphatic rings. The Bertz CT molecular complexity index is 1170. The fraction of sp³-hybridized carbons (Fsp3) is 0.333. The number of anilines is 1. The van der Waals surface area contributed by atoms with Gasteiger partial charge in [0.05, 0.1) is 12.1 Å². The predicted octanol–water partition coefficient (Wildman–Crippen LogP) is 4.45. The summed E-state index contributed by atoms with van der Waals surface area (Å²) in [5.74, 6) is -1.33. The normalized spacial score (nSPS) is 11.7. The SMILES string of the molecule is CC(CCc1ccccc1)NC(=O)Cc1csc(NC(=O)CN(C(=O)c2ccc(F)cc2)C(C)C)n1. The third-order valence-corrected chi connectivity index (χ3v) is 6.35. The minimum Gasteiger partial charge on any atom is -0.353 e. The second kappa shape index (κ2) is 12.9. The third kappa shape index (κ3) is 8.27. The fourth-order valence-electron chi connectivity index (χ4n) is 3.60. The number of nitrogens with zero attached hydrogens (tertiary/aromatic N) is 2. The molecule has 0 fully saturated rings. The molecule has 0 aliphatic heterocycles. The van der Waals surface area contributed by atoms with Crippen molar-refractivity contribution in [2.75, 3.05) is 11.9 Å². The Morgan fingerprint density at radius 2 is 1.69 bits per heavy atom. The first-order valence-electron chi connectivity index (χ1n) is 11.9. The number of hydrogen-bond acceptors (Lipinski definition) is 5. The fourth-order valence-corrected chi connectivity index (χ4v) is 4.32. The maximum absolute atomic E-state index is 13.2. The van der Waals surface area contributed by atoms with Gasteiger partial charge in [0.25, 0.3) is 5.91 Å². The highest BCUT2D eigenvalue weighted by Crippen LogP contribution is 2.17. The molecule has 7 nitrogen and oxygen atoms in total. The van der Waals surface area contributed by atoms with Crippen LogP contribution in [0.15, 0.2) is 60.0 Å². The lowest BCUT2D eigenvalue weighted by Gasteiger charge is -2.26. The molecular formula is C27H31FN4O3S. The smallest absolute Gasteiger partial charge is 0.254 e. The lowest BCUT2D eigenvalue weighted by Crippen LogP contribution is -2.42. The van der Waals surface area contributed by atoms with Crippen LogP contribution in [-0.4, -0.2) is 46.2 Å². The van der Waals surface area contributed by atoms with E-state index in [1.807, 2.05) is 25.1 Å². The van der Waals surface area contributed by atoms with Crippen molar-refractivity contribution in [1.29, 1.82) is 0 Å². The van der Waals surface area contributed by atoms with Crippen molar-refractivity contribution in [2.45, 2.75) is 52.1 Å². The van der Waals surface area contributed by atoms with Crippen LogP contribution < -0.4 is 10.6 Å². The van der Waals surface area contributed by atoms with Crippen molar-refractivity contribution in [3.05, 3.63) is 82.6 Å². The minimum atomic E-state index is -0.435. The van der Waals surface area contributed by atoms with Crippen LogP contribution in [0.2, 0.25) is 0 Å². The second-order valence-electron chi connectivity index (χ2n) is 8.90. The Kier molecular flexibility index (Phi) is 9.69. The summed E-state index contributed by atoms with van der Waals surface area (Å²) in [7, 11) is 0. The topological polar surface area (TPSA) is 91.4 Å². The van der Waals surface area contributed by atoms with E-state index in [1.54, 1.807) is 19.2 Å². The van der Waals surface area contributed by atoms with Gasteiger partial charge in [-0.2, -0.15) is 0 Å². The van der Waals surface area contributed by atoms with Crippen LogP contribution in [0.25, 0.3) is 0 Å². The number of rotatable bonds is 11. The van der Waals surface area contributed by atoms with Gasteiger partial charge >= 0.3 is 0 Å². The molecule has 1 aromatic heterocycles.